The Labute approximate surface area is 282 Å². The van der Waals surface area contributed by atoms with Crippen LogP contribution in [-0.2, 0) is 29.1 Å². The molecular formula is C35H38FN7O5S. The molecule has 0 unspecified atom stereocenters. The van der Waals surface area contributed by atoms with E-state index in [2.05, 4.69) is 20.5 Å². The van der Waals surface area contributed by atoms with Crippen molar-refractivity contribution < 1.29 is 17.9 Å². The highest BCUT2D eigenvalue weighted by Gasteiger charge is 2.26. The van der Waals surface area contributed by atoms with Gasteiger partial charge in [-0.25, -0.2) is 26.8 Å². The van der Waals surface area contributed by atoms with Gasteiger partial charge >= 0.3 is 0 Å². The lowest BCUT2D eigenvalue weighted by atomic mass is 9.86. The molecule has 1 aliphatic heterocycles. The molecule has 0 atom stereocenters. The fourth-order valence-electron chi connectivity index (χ4n) is 6.23. The van der Waals surface area contributed by atoms with Gasteiger partial charge in [-0.1, -0.05) is 39.0 Å². The van der Waals surface area contributed by atoms with Crippen molar-refractivity contribution in [3.63, 3.8) is 0 Å². The van der Waals surface area contributed by atoms with Crippen LogP contribution in [0, 0.1) is 5.82 Å². The third-order valence-corrected chi connectivity index (χ3v) is 10.3. The third-order valence-electron chi connectivity index (χ3n) is 9.03. The maximum atomic E-state index is 15.4. The van der Waals surface area contributed by atoms with Gasteiger partial charge in [0.15, 0.2) is 0 Å². The largest absolute Gasteiger partial charge is 0.392 e. The summed E-state index contributed by atoms with van der Waals surface area (Å²) in [5.41, 5.74) is 1.81. The average Bonchev–Trinajstić information content (AvgIpc) is 3.06. The molecule has 0 spiro atoms. The average molecular weight is 688 g/mol. The number of aliphatic hydroxyl groups is 1. The molecule has 0 radical (unpaired) electrons. The second-order valence-electron chi connectivity index (χ2n) is 13.4. The summed E-state index contributed by atoms with van der Waals surface area (Å²) in [5, 5.41) is 22.7. The van der Waals surface area contributed by atoms with E-state index in [1.54, 1.807) is 42.6 Å². The summed E-state index contributed by atoms with van der Waals surface area (Å²) >= 11 is 0. The lowest BCUT2D eigenvalue weighted by Gasteiger charge is -2.30. The van der Waals surface area contributed by atoms with Crippen LogP contribution in [0.4, 0.5) is 15.9 Å². The minimum Gasteiger partial charge on any atom is -0.392 e. The monoisotopic (exact) mass is 687 g/mol. The number of aryl methyl sites for hydroxylation is 1. The number of aliphatic hydroxyl groups excluding tert-OH is 1. The molecule has 256 valence electrons. The summed E-state index contributed by atoms with van der Waals surface area (Å²) < 4.78 is 42.8. The van der Waals surface area contributed by atoms with Crippen LogP contribution in [-0.4, -0.2) is 61.7 Å². The van der Waals surface area contributed by atoms with Crippen molar-refractivity contribution in [2.45, 2.75) is 51.6 Å². The second kappa shape index (κ2) is 12.9. The maximum Gasteiger partial charge on any atom is 0.290 e. The molecule has 2 aromatic carbocycles. The molecule has 2 N–H and O–H groups in total. The van der Waals surface area contributed by atoms with E-state index in [9.17, 15) is 23.1 Å². The van der Waals surface area contributed by atoms with E-state index in [1.807, 2.05) is 26.8 Å². The molecule has 14 heteroatoms. The van der Waals surface area contributed by atoms with Crippen LogP contribution in [0.1, 0.15) is 56.2 Å². The molecular weight excluding hydrogens is 649 g/mol. The minimum atomic E-state index is -3.22. The third kappa shape index (κ3) is 6.76. The maximum absolute atomic E-state index is 15.4. The molecule has 0 bridgehead atoms. The van der Waals surface area contributed by atoms with E-state index in [1.165, 1.54) is 29.9 Å². The molecule has 0 saturated carbocycles. The molecule has 1 saturated heterocycles. The van der Waals surface area contributed by atoms with Crippen molar-refractivity contribution in [3.8, 4) is 16.9 Å². The number of nitrogens with one attached hydrogen (secondary N) is 1. The van der Waals surface area contributed by atoms with Crippen LogP contribution < -0.4 is 16.4 Å². The van der Waals surface area contributed by atoms with Gasteiger partial charge in [0.1, 0.15) is 17.3 Å². The normalized spacial score (nSPS) is 14.8. The van der Waals surface area contributed by atoms with Crippen molar-refractivity contribution in [2.24, 2.45) is 7.05 Å². The lowest BCUT2D eigenvalue weighted by molar-refractivity contribution is 0.281. The van der Waals surface area contributed by atoms with Crippen LogP contribution in [0.15, 0.2) is 70.5 Å². The number of hydrogen-bond acceptors (Lipinski definition) is 9. The van der Waals surface area contributed by atoms with Gasteiger partial charge in [0.25, 0.3) is 11.1 Å². The standard InChI is InChI=1S/C35H38FN7O5S/c1-35(2,3)24-15-23-19-38-43(34(46)32(23)27(36)16-24)30-8-6-7-25(26(30)20-44)28-17-29(33(45)41(4)40-28)39-31-10-9-22(18-37-31)21-11-13-42(14-12-21)49(5,47)48/h6-10,15-19,21,44H,11-14,20H2,1-5H3,(H,37,39). The Bertz CT molecular complexity index is 2290. The molecule has 0 aliphatic carbocycles. The summed E-state index contributed by atoms with van der Waals surface area (Å²) in [6.07, 6.45) is 5.77. The Kier molecular flexibility index (Phi) is 8.98. The Morgan fingerprint density at radius 1 is 1.02 bits per heavy atom. The molecule has 0 amide bonds. The Hall–Kier alpha value is -4.79. The minimum absolute atomic E-state index is 0.109. The van der Waals surface area contributed by atoms with Crippen molar-refractivity contribution in [3.05, 3.63) is 104 Å². The van der Waals surface area contributed by atoms with Crippen LogP contribution in [0.5, 0.6) is 0 Å². The van der Waals surface area contributed by atoms with Crippen LogP contribution in [0.25, 0.3) is 27.7 Å². The van der Waals surface area contributed by atoms with E-state index in [4.69, 9.17) is 0 Å². The number of pyridine rings is 1. The first kappa shape index (κ1) is 34.1. The van der Waals surface area contributed by atoms with Gasteiger partial charge in [-0.05, 0) is 65.6 Å². The predicted octanol–water partition coefficient (Wildman–Crippen LogP) is 4.35. The molecule has 4 heterocycles. The summed E-state index contributed by atoms with van der Waals surface area (Å²) in [6, 6.07) is 13.3. The molecule has 5 aromatic rings. The smallest absolute Gasteiger partial charge is 0.290 e. The first-order chi connectivity index (χ1) is 23.2. The van der Waals surface area contributed by atoms with E-state index < -0.39 is 33.6 Å². The van der Waals surface area contributed by atoms with E-state index in [0.717, 1.165) is 20.5 Å². The number of sulfonamides is 1. The quantitative estimate of drug-likeness (QED) is 0.254. The van der Waals surface area contributed by atoms with Crippen molar-refractivity contribution in [2.75, 3.05) is 24.7 Å². The van der Waals surface area contributed by atoms with Gasteiger partial charge in [0.05, 0.1) is 35.8 Å². The van der Waals surface area contributed by atoms with Crippen molar-refractivity contribution >= 4 is 32.3 Å². The van der Waals surface area contributed by atoms with E-state index in [0.29, 0.717) is 54.0 Å². The molecule has 6 rings (SSSR count). The summed E-state index contributed by atoms with van der Waals surface area (Å²) in [4.78, 5) is 31.3. The summed E-state index contributed by atoms with van der Waals surface area (Å²) in [6.45, 7) is 6.28. The van der Waals surface area contributed by atoms with Gasteiger partial charge < -0.3 is 10.4 Å². The van der Waals surface area contributed by atoms with Crippen LogP contribution >= 0.6 is 0 Å². The number of halogens is 1. The Morgan fingerprint density at radius 2 is 1.76 bits per heavy atom. The zero-order chi connectivity index (χ0) is 35.2. The number of hydrogen-bond donors (Lipinski definition) is 2. The highest BCUT2D eigenvalue weighted by atomic mass is 32.2. The number of fused-ring (bicyclic) bond motifs is 1. The number of rotatable bonds is 7. The number of nitrogens with zero attached hydrogens (tertiary/aromatic N) is 6. The lowest BCUT2D eigenvalue weighted by Crippen LogP contribution is -2.37. The highest BCUT2D eigenvalue weighted by Crippen LogP contribution is 2.31. The van der Waals surface area contributed by atoms with E-state index >= 15 is 4.39 Å². The SMILES string of the molecule is Cn1nc(-c2cccc(-n3ncc4cc(C(C)(C)C)cc(F)c4c3=O)c2CO)cc(Nc2ccc(C3CCN(S(C)(=O)=O)CC3)cn2)c1=O. The molecule has 1 fully saturated rings. The molecule has 1 aliphatic rings. The number of anilines is 2. The zero-order valence-electron chi connectivity index (χ0n) is 27.9. The van der Waals surface area contributed by atoms with Gasteiger partial charge in [-0.15, -0.1) is 0 Å². The highest BCUT2D eigenvalue weighted by molar-refractivity contribution is 7.88. The predicted molar refractivity (Wildman–Crippen MR) is 186 cm³/mol. The summed E-state index contributed by atoms with van der Waals surface area (Å²) in [7, 11) is -1.71. The summed E-state index contributed by atoms with van der Waals surface area (Å²) in [5.74, 6) is -0.0582. The van der Waals surface area contributed by atoms with Gasteiger partial charge in [-0.2, -0.15) is 14.9 Å². The van der Waals surface area contributed by atoms with Crippen molar-refractivity contribution in [1.82, 2.24) is 28.9 Å². The fraction of sp³-hybridized carbons (Fsp3) is 0.343. The first-order valence-electron chi connectivity index (χ1n) is 15.9. The van der Waals surface area contributed by atoms with Crippen molar-refractivity contribution in [1.29, 1.82) is 0 Å². The number of aromatic nitrogens is 5. The van der Waals surface area contributed by atoms with E-state index in [-0.39, 0.29) is 28.1 Å². The molecule has 12 nitrogen and oxygen atoms in total. The Balaban J connectivity index is 1.32. The van der Waals surface area contributed by atoms with Gasteiger partial charge in [0.2, 0.25) is 10.0 Å². The van der Waals surface area contributed by atoms with Crippen LogP contribution in [0.2, 0.25) is 0 Å². The number of benzene rings is 2. The first-order valence-corrected chi connectivity index (χ1v) is 17.7. The van der Waals surface area contributed by atoms with Gasteiger partial charge in [-0.3, -0.25) is 9.59 Å². The molecule has 3 aromatic heterocycles. The zero-order valence-corrected chi connectivity index (χ0v) is 28.8. The Morgan fingerprint density at radius 3 is 2.39 bits per heavy atom. The second-order valence-corrected chi connectivity index (χ2v) is 15.4. The van der Waals surface area contributed by atoms with Gasteiger partial charge in [0, 0.05) is 42.8 Å². The molecule has 49 heavy (non-hydrogen) atoms. The number of piperidine rings is 1. The van der Waals surface area contributed by atoms with Crippen LogP contribution in [0.3, 0.4) is 0 Å². The topological polar surface area (TPSA) is 152 Å². The fourth-order valence-corrected chi connectivity index (χ4v) is 7.10.